The summed E-state index contributed by atoms with van der Waals surface area (Å²) in [7, 11) is 0. The Morgan fingerprint density at radius 2 is 2.06 bits per heavy atom. The van der Waals surface area contributed by atoms with E-state index in [9.17, 15) is 4.79 Å². The molecule has 1 N–H and O–H groups in total. The fourth-order valence-electron chi connectivity index (χ4n) is 1.14. The van der Waals surface area contributed by atoms with Crippen LogP contribution >= 0.6 is 11.6 Å². The zero-order chi connectivity index (χ0) is 11.8. The minimum absolute atomic E-state index is 0.0470. The van der Waals surface area contributed by atoms with Crippen molar-refractivity contribution < 1.29 is 9.53 Å². The smallest absolute Gasteiger partial charge is 0.257 e. The van der Waals surface area contributed by atoms with E-state index < -0.39 is 0 Å². The van der Waals surface area contributed by atoms with Gasteiger partial charge in [0.05, 0.1) is 0 Å². The van der Waals surface area contributed by atoms with Gasteiger partial charge in [-0.3, -0.25) is 4.79 Å². The summed E-state index contributed by atoms with van der Waals surface area (Å²) in [6.45, 7) is 2.83. The summed E-state index contributed by atoms with van der Waals surface area (Å²) in [4.78, 5) is 11.3. The maximum atomic E-state index is 11.3. The van der Waals surface area contributed by atoms with E-state index in [2.05, 4.69) is 12.2 Å². The van der Waals surface area contributed by atoms with Gasteiger partial charge in [-0.15, -0.1) is 0 Å². The molecule has 0 fully saturated rings. The molecule has 1 aromatic carbocycles. The largest absolute Gasteiger partial charge is 0.484 e. The molecule has 4 heteroatoms. The molecule has 0 radical (unpaired) electrons. The van der Waals surface area contributed by atoms with Crippen molar-refractivity contribution in [3.63, 3.8) is 0 Å². The standard InChI is InChI=1S/C12H16ClNO2/c1-2-3-8-14-12(15)9-16-11-6-4-10(13)5-7-11/h4-7H,2-3,8-9H2,1H3,(H,14,15). The lowest BCUT2D eigenvalue weighted by Gasteiger charge is -2.06. The van der Waals surface area contributed by atoms with E-state index in [1.807, 2.05) is 0 Å². The Morgan fingerprint density at radius 3 is 2.69 bits per heavy atom. The zero-order valence-electron chi connectivity index (χ0n) is 9.33. The molecule has 0 aliphatic heterocycles. The van der Waals surface area contributed by atoms with Crippen molar-refractivity contribution in [2.75, 3.05) is 13.2 Å². The van der Waals surface area contributed by atoms with Gasteiger partial charge in [0, 0.05) is 11.6 Å². The molecule has 1 aromatic rings. The monoisotopic (exact) mass is 241 g/mol. The topological polar surface area (TPSA) is 38.3 Å². The third-order valence-electron chi connectivity index (χ3n) is 2.04. The second-order valence-electron chi connectivity index (χ2n) is 3.45. The molecule has 0 spiro atoms. The van der Waals surface area contributed by atoms with Crippen molar-refractivity contribution in [3.05, 3.63) is 29.3 Å². The highest BCUT2D eigenvalue weighted by atomic mass is 35.5. The van der Waals surface area contributed by atoms with Crippen LogP contribution in [0.25, 0.3) is 0 Å². The third kappa shape index (κ3) is 5.03. The molecule has 0 aliphatic rings. The summed E-state index contributed by atoms with van der Waals surface area (Å²) in [6.07, 6.45) is 2.06. The first-order chi connectivity index (χ1) is 7.72. The van der Waals surface area contributed by atoms with Gasteiger partial charge in [0.2, 0.25) is 0 Å². The van der Waals surface area contributed by atoms with Gasteiger partial charge < -0.3 is 10.1 Å². The van der Waals surface area contributed by atoms with Crippen LogP contribution in [0.4, 0.5) is 0 Å². The SMILES string of the molecule is CCCCNC(=O)COc1ccc(Cl)cc1. The summed E-state index contributed by atoms with van der Waals surface area (Å²) >= 11 is 5.72. The first-order valence-electron chi connectivity index (χ1n) is 5.37. The van der Waals surface area contributed by atoms with Crippen molar-refractivity contribution in [3.8, 4) is 5.75 Å². The van der Waals surface area contributed by atoms with Crippen LogP contribution in [0.2, 0.25) is 5.02 Å². The molecular weight excluding hydrogens is 226 g/mol. The second kappa shape index (κ2) is 7.12. The highest BCUT2D eigenvalue weighted by molar-refractivity contribution is 6.30. The predicted octanol–water partition coefficient (Wildman–Crippen LogP) is 2.64. The number of hydrogen-bond acceptors (Lipinski definition) is 2. The molecule has 1 amide bonds. The average Bonchev–Trinajstić information content (AvgIpc) is 2.29. The fraction of sp³-hybridized carbons (Fsp3) is 0.417. The van der Waals surface area contributed by atoms with Crippen molar-refractivity contribution in [2.24, 2.45) is 0 Å². The number of halogens is 1. The van der Waals surface area contributed by atoms with Gasteiger partial charge >= 0.3 is 0 Å². The Morgan fingerprint density at radius 1 is 1.38 bits per heavy atom. The number of rotatable bonds is 6. The van der Waals surface area contributed by atoms with E-state index in [-0.39, 0.29) is 12.5 Å². The number of nitrogens with one attached hydrogen (secondary N) is 1. The van der Waals surface area contributed by atoms with Crippen LogP contribution in [0.5, 0.6) is 5.75 Å². The molecule has 0 saturated carbocycles. The summed E-state index contributed by atoms with van der Waals surface area (Å²) in [5.41, 5.74) is 0. The Kier molecular flexibility index (Phi) is 5.72. The Bertz CT molecular complexity index is 324. The molecule has 16 heavy (non-hydrogen) atoms. The fourth-order valence-corrected chi connectivity index (χ4v) is 1.26. The highest BCUT2D eigenvalue weighted by Gasteiger charge is 2.01. The van der Waals surface area contributed by atoms with E-state index in [1.165, 1.54) is 0 Å². The minimum atomic E-state index is -0.0941. The lowest BCUT2D eigenvalue weighted by atomic mass is 10.3. The maximum Gasteiger partial charge on any atom is 0.257 e. The minimum Gasteiger partial charge on any atom is -0.484 e. The highest BCUT2D eigenvalue weighted by Crippen LogP contribution is 2.15. The van der Waals surface area contributed by atoms with E-state index in [4.69, 9.17) is 16.3 Å². The van der Waals surface area contributed by atoms with Gasteiger partial charge in [-0.05, 0) is 30.7 Å². The van der Waals surface area contributed by atoms with E-state index >= 15 is 0 Å². The lowest BCUT2D eigenvalue weighted by Crippen LogP contribution is -2.29. The number of carbonyl (C=O) groups excluding carboxylic acids is 1. The van der Waals surface area contributed by atoms with Crippen LogP contribution in [-0.4, -0.2) is 19.1 Å². The summed E-state index contributed by atoms with van der Waals surface area (Å²) in [5.74, 6) is 0.554. The quantitative estimate of drug-likeness (QED) is 0.778. The van der Waals surface area contributed by atoms with Crippen LogP contribution in [-0.2, 0) is 4.79 Å². The second-order valence-corrected chi connectivity index (χ2v) is 3.88. The van der Waals surface area contributed by atoms with Gasteiger partial charge in [0.1, 0.15) is 5.75 Å². The van der Waals surface area contributed by atoms with Crippen molar-refractivity contribution in [1.29, 1.82) is 0 Å². The van der Waals surface area contributed by atoms with Gasteiger partial charge in [-0.25, -0.2) is 0 Å². The first-order valence-corrected chi connectivity index (χ1v) is 5.75. The molecule has 0 unspecified atom stereocenters. The third-order valence-corrected chi connectivity index (χ3v) is 2.29. The van der Waals surface area contributed by atoms with Crippen molar-refractivity contribution in [1.82, 2.24) is 5.32 Å². The number of unbranched alkanes of at least 4 members (excludes halogenated alkanes) is 1. The van der Waals surface area contributed by atoms with Crippen LogP contribution in [0.1, 0.15) is 19.8 Å². The molecule has 0 aromatic heterocycles. The van der Waals surface area contributed by atoms with Gasteiger partial charge in [-0.1, -0.05) is 24.9 Å². The number of ether oxygens (including phenoxy) is 1. The Labute approximate surface area is 101 Å². The van der Waals surface area contributed by atoms with Crippen LogP contribution in [0.15, 0.2) is 24.3 Å². The van der Waals surface area contributed by atoms with Gasteiger partial charge in [0.15, 0.2) is 6.61 Å². The molecule has 88 valence electrons. The number of amides is 1. The number of hydrogen-bond donors (Lipinski definition) is 1. The van der Waals surface area contributed by atoms with Gasteiger partial charge in [-0.2, -0.15) is 0 Å². The van der Waals surface area contributed by atoms with Crippen LogP contribution in [0, 0.1) is 0 Å². The number of benzene rings is 1. The maximum absolute atomic E-state index is 11.3. The van der Waals surface area contributed by atoms with Gasteiger partial charge in [0.25, 0.3) is 5.91 Å². The molecule has 0 aliphatic carbocycles. The summed E-state index contributed by atoms with van der Waals surface area (Å²) < 4.78 is 5.28. The van der Waals surface area contributed by atoms with Crippen molar-refractivity contribution >= 4 is 17.5 Å². The van der Waals surface area contributed by atoms with Crippen molar-refractivity contribution in [2.45, 2.75) is 19.8 Å². The van der Waals surface area contributed by atoms with E-state index in [1.54, 1.807) is 24.3 Å². The van der Waals surface area contributed by atoms with Crippen LogP contribution < -0.4 is 10.1 Å². The summed E-state index contributed by atoms with van der Waals surface area (Å²) in [6, 6.07) is 6.93. The average molecular weight is 242 g/mol. The molecule has 3 nitrogen and oxygen atoms in total. The lowest BCUT2D eigenvalue weighted by molar-refractivity contribution is -0.123. The Hall–Kier alpha value is -1.22. The molecule has 0 bridgehead atoms. The number of carbonyl (C=O) groups is 1. The normalized spacial score (nSPS) is 9.88. The van der Waals surface area contributed by atoms with Crippen LogP contribution in [0.3, 0.4) is 0 Å². The molecule has 0 atom stereocenters. The molecule has 1 rings (SSSR count). The Balaban J connectivity index is 2.23. The zero-order valence-corrected chi connectivity index (χ0v) is 10.1. The molecule has 0 saturated heterocycles. The first kappa shape index (κ1) is 12.8. The molecular formula is C12H16ClNO2. The van der Waals surface area contributed by atoms with E-state index in [0.717, 1.165) is 12.8 Å². The molecule has 0 heterocycles. The predicted molar refractivity (Wildman–Crippen MR) is 64.9 cm³/mol. The van der Waals surface area contributed by atoms with E-state index in [0.29, 0.717) is 17.3 Å². The summed E-state index contributed by atoms with van der Waals surface area (Å²) in [5, 5.41) is 3.43.